The topological polar surface area (TPSA) is 72.5 Å². The van der Waals surface area contributed by atoms with E-state index < -0.39 is 28.9 Å². The maximum absolute atomic E-state index is 13.9. The second-order valence-corrected chi connectivity index (χ2v) is 5.24. The Morgan fingerprint density at radius 3 is 2.56 bits per heavy atom. The average molecular weight is 371 g/mol. The van der Waals surface area contributed by atoms with E-state index in [0.717, 1.165) is 7.11 Å². The number of nitrogens with two attached hydrogens (primary N) is 1. The first-order valence-electron chi connectivity index (χ1n) is 4.93. The van der Waals surface area contributed by atoms with Crippen LogP contribution in [0.25, 0.3) is 0 Å². The van der Waals surface area contributed by atoms with Crippen molar-refractivity contribution >= 4 is 28.6 Å². The molecule has 1 atom stereocenters. The van der Waals surface area contributed by atoms with Gasteiger partial charge in [-0.15, -0.1) is 0 Å². The maximum Gasteiger partial charge on any atom is 0.323 e. The summed E-state index contributed by atoms with van der Waals surface area (Å²) in [5.74, 6) is -3.53. The van der Waals surface area contributed by atoms with E-state index in [4.69, 9.17) is 10.8 Å². The Bertz CT molecular complexity index is 492. The van der Waals surface area contributed by atoms with Crippen LogP contribution in [-0.2, 0) is 11.2 Å². The van der Waals surface area contributed by atoms with Crippen molar-refractivity contribution in [2.24, 2.45) is 5.73 Å². The molecule has 0 saturated heterocycles. The molecule has 1 aromatic carbocycles. The first-order valence-corrected chi connectivity index (χ1v) is 6.01. The van der Waals surface area contributed by atoms with E-state index in [-0.39, 0.29) is 15.6 Å². The lowest BCUT2D eigenvalue weighted by molar-refractivity contribution is -0.142. The van der Waals surface area contributed by atoms with Crippen LogP contribution in [-0.4, -0.2) is 23.7 Å². The Morgan fingerprint density at radius 2 is 2.11 bits per heavy atom. The van der Waals surface area contributed by atoms with Crippen molar-refractivity contribution in [3.05, 3.63) is 26.8 Å². The van der Waals surface area contributed by atoms with Crippen molar-refractivity contribution < 1.29 is 23.4 Å². The minimum Gasteiger partial charge on any atom is -0.491 e. The number of carboxylic acids is 1. The molecule has 1 unspecified atom stereocenters. The van der Waals surface area contributed by atoms with Gasteiger partial charge < -0.3 is 15.6 Å². The average Bonchev–Trinajstić information content (AvgIpc) is 2.26. The molecule has 1 rings (SSSR count). The SMILES string of the molecule is COc1c(F)c(I)cc(CC(C)(N)C(=O)O)c1F. The van der Waals surface area contributed by atoms with Gasteiger partial charge in [0.1, 0.15) is 5.54 Å². The van der Waals surface area contributed by atoms with Gasteiger partial charge in [0.25, 0.3) is 0 Å². The highest BCUT2D eigenvalue weighted by Crippen LogP contribution is 2.30. The number of methoxy groups -OCH3 is 1. The van der Waals surface area contributed by atoms with Crippen molar-refractivity contribution in [3.63, 3.8) is 0 Å². The van der Waals surface area contributed by atoms with E-state index in [1.54, 1.807) is 22.6 Å². The fourth-order valence-electron chi connectivity index (χ4n) is 1.41. The molecule has 18 heavy (non-hydrogen) atoms. The van der Waals surface area contributed by atoms with Crippen LogP contribution in [0.1, 0.15) is 12.5 Å². The molecule has 0 amide bonds. The fourth-order valence-corrected chi connectivity index (χ4v) is 2.03. The smallest absolute Gasteiger partial charge is 0.323 e. The second kappa shape index (κ2) is 5.35. The van der Waals surface area contributed by atoms with E-state index in [9.17, 15) is 13.6 Å². The number of halogens is 3. The third kappa shape index (κ3) is 2.89. The minimum atomic E-state index is -1.63. The van der Waals surface area contributed by atoms with Crippen LogP contribution in [0.4, 0.5) is 8.78 Å². The summed E-state index contributed by atoms with van der Waals surface area (Å²) in [6.07, 6.45) is -0.263. The van der Waals surface area contributed by atoms with E-state index >= 15 is 0 Å². The molecule has 0 heterocycles. The fraction of sp³-hybridized carbons (Fsp3) is 0.364. The molecule has 3 N–H and O–H groups in total. The summed E-state index contributed by atoms with van der Waals surface area (Å²) in [6, 6.07) is 1.22. The Labute approximate surface area is 116 Å². The highest BCUT2D eigenvalue weighted by Gasteiger charge is 2.31. The highest BCUT2D eigenvalue weighted by atomic mass is 127. The summed E-state index contributed by atoms with van der Waals surface area (Å²) in [7, 11) is 1.14. The molecule has 0 radical (unpaired) electrons. The molecule has 0 aliphatic rings. The van der Waals surface area contributed by atoms with Gasteiger partial charge in [-0.05, 0) is 41.1 Å². The largest absolute Gasteiger partial charge is 0.491 e. The predicted molar refractivity (Wildman–Crippen MR) is 69.6 cm³/mol. The van der Waals surface area contributed by atoms with E-state index in [0.29, 0.717) is 0 Å². The molecule has 0 fully saturated rings. The second-order valence-electron chi connectivity index (χ2n) is 4.08. The first kappa shape index (κ1) is 15.1. The van der Waals surface area contributed by atoms with Crippen molar-refractivity contribution in [1.82, 2.24) is 0 Å². The monoisotopic (exact) mass is 371 g/mol. The van der Waals surface area contributed by atoms with E-state index in [1.807, 2.05) is 0 Å². The lowest BCUT2D eigenvalue weighted by Gasteiger charge is -2.20. The van der Waals surface area contributed by atoms with Gasteiger partial charge in [0.05, 0.1) is 10.7 Å². The molecule has 0 aromatic heterocycles. The van der Waals surface area contributed by atoms with E-state index in [2.05, 4.69) is 4.74 Å². The van der Waals surface area contributed by atoms with Crippen LogP contribution in [0.5, 0.6) is 5.75 Å². The number of aliphatic carboxylic acids is 1. The number of carbonyl (C=O) groups is 1. The van der Waals surface area contributed by atoms with Gasteiger partial charge >= 0.3 is 5.97 Å². The molecule has 0 aliphatic heterocycles. The molecular formula is C11H12F2INO3. The zero-order chi connectivity index (χ0) is 14.1. The Morgan fingerprint density at radius 1 is 1.56 bits per heavy atom. The number of benzene rings is 1. The van der Waals surface area contributed by atoms with Gasteiger partial charge in [0.2, 0.25) is 0 Å². The van der Waals surface area contributed by atoms with Gasteiger partial charge in [-0.3, -0.25) is 4.79 Å². The molecule has 0 aliphatic carbocycles. The lowest BCUT2D eigenvalue weighted by Crippen LogP contribution is -2.47. The van der Waals surface area contributed by atoms with Crippen molar-refractivity contribution in [2.75, 3.05) is 7.11 Å². The normalized spacial score (nSPS) is 14.1. The predicted octanol–water partition coefficient (Wildman–Crippen LogP) is 1.92. The van der Waals surface area contributed by atoms with Gasteiger partial charge in [-0.2, -0.15) is 0 Å². The van der Waals surface area contributed by atoms with Crippen LogP contribution >= 0.6 is 22.6 Å². The lowest BCUT2D eigenvalue weighted by atomic mass is 9.93. The summed E-state index contributed by atoms with van der Waals surface area (Å²) in [5.41, 5.74) is 3.91. The van der Waals surface area contributed by atoms with E-state index in [1.165, 1.54) is 13.0 Å². The van der Waals surface area contributed by atoms with Crippen molar-refractivity contribution in [2.45, 2.75) is 18.9 Å². The summed E-state index contributed by atoms with van der Waals surface area (Å²) < 4.78 is 32.2. The van der Waals surface area contributed by atoms with Crippen LogP contribution in [0.15, 0.2) is 6.07 Å². The summed E-state index contributed by atoms with van der Waals surface area (Å²) in [6.45, 7) is 1.26. The van der Waals surface area contributed by atoms with Gasteiger partial charge in [-0.25, -0.2) is 8.78 Å². The summed E-state index contributed by atoms with van der Waals surface area (Å²) in [5, 5.41) is 8.89. The van der Waals surface area contributed by atoms with Crippen molar-refractivity contribution in [1.29, 1.82) is 0 Å². The third-order valence-corrected chi connectivity index (χ3v) is 3.23. The molecule has 7 heteroatoms. The maximum atomic E-state index is 13.9. The number of hydrogen-bond donors (Lipinski definition) is 2. The molecule has 1 aromatic rings. The number of hydrogen-bond acceptors (Lipinski definition) is 3. The third-order valence-electron chi connectivity index (χ3n) is 2.44. The molecule has 0 bridgehead atoms. The standard InChI is InChI=1S/C11H12F2INO3/c1-11(15,10(16)17)4-5-3-6(14)8(13)9(18-2)7(5)12/h3H,4,15H2,1-2H3,(H,16,17). The first-order chi connectivity index (χ1) is 8.20. The quantitative estimate of drug-likeness (QED) is 0.627. The Balaban J connectivity index is 3.27. The number of ether oxygens (including phenoxy) is 1. The van der Waals surface area contributed by atoms with Gasteiger partial charge in [0, 0.05) is 6.42 Å². The zero-order valence-electron chi connectivity index (χ0n) is 9.76. The summed E-state index contributed by atoms with van der Waals surface area (Å²) >= 11 is 1.67. The molecule has 4 nitrogen and oxygen atoms in total. The number of rotatable bonds is 4. The Kier molecular flexibility index (Phi) is 4.49. The highest BCUT2D eigenvalue weighted by molar-refractivity contribution is 14.1. The van der Waals surface area contributed by atoms with Gasteiger partial charge in [0.15, 0.2) is 17.4 Å². The van der Waals surface area contributed by atoms with Gasteiger partial charge in [-0.1, -0.05) is 0 Å². The minimum absolute atomic E-state index is 0.00468. The van der Waals surface area contributed by atoms with Crippen LogP contribution in [0.3, 0.4) is 0 Å². The molecule has 0 saturated carbocycles. The molecule has 100 valence electrons. The van der Waals surface area contributed by atoms with Crippen LogP contribution in [0.2, 0.25) is 0 Å². The molecule has 0 spiro atoms. The van der Waals surface area contributed by atoms with Crippen LogP contribution in [0, 0.1) is 15.2 Å². The zero-order valence-corrected chi connectivity index (χ0v) is 11.9. The number of carboxylic acid groups (broad SMARTS) is 1. The van der Waals surface area contributed by atoms with Crippen molar-refractivity contribution in [3.8, 4) is 5.75 Å². The van der Waals surface area contributed by atoms with Crippen LogP contribution < -0.4 is 10.5 Å². The molecular weight excluding hydrogens is 359 g/mol. The summed E-state index contributed by atoms with van der Waals surface area (Å²) in [4.78, 5) is 10.9. The Hall–Kier alpha value is -0.960.